The molecule has 1 heterocycles. The summed E-state index contributed by atoms with van der Waals surface area (Å²) in [5.41, 5.74) is 1.58. The van der Waals surface area contributed by atoms with E-state index in [4.69, 9.17) is 4.42 Å². The average Bonchev–Trinajstić information content (AvgIpc) is 2.97. The van der Waals surface area contributed by atoms with Crippen LogP contribution >= 0.6 is 0 Å². The van der Waals surface area contributed by atoms with Gasteiger partial charge in [0.15, 0.2) is 5.76 Å². The first-order valence-corrected chi connectivity index (χ1v) is 8.42. The van der Waals surface area contributed by atoms with E-state index >= 15 is 0 Å². The highest BCUT2D eigenvalue weighted by molar-refractivity contribution is 5.98. The van der Waals surface area contributed by atoms with E-state index in [0.717, 1.165) is 30.4 Å². The number of rotatable bonds is 2. The summed E-state index contributed by atoms with van der Waals surface area (Å²) in [7, 11) is 0. The third-order valence-electron chi connectivity index (χ3n) is 6.05. The number of ketones is 1. The van der Waals surface area contributed by atoms with Gasteiger partial charge in [-0.3, -0.25) is 4.79 Å². The van der Waals surface area contributed by atoms with Crippen LogP contribution in [0.25, 0.3) is 6.08 Å². The SMILES string of the molecule is CC1=C(O)C(=O)[C@H]2C(C)(C)CCC[C@]2(C)[C@H]1/C=C\c1ccoc1. The second-order valence-corrected chi connectivity index (χ2v) is 8.07. The van der Waals surface area contributed by atoms with E-state index < -0.39 is 0 Å². The van der Waals surface area contributed by atoms with Gasteiger partial charge >= 0.3 is 0 Å². The van der Waals surface area contributed by atoms with Crippen molar-refractivity contribution >= 4 is 11.9 Å². The number of aliphatic hydroxyl groups is 1. The number of allylic oxidation sites excluding steroid dienone is 3. The smallest absolute Gasteiger partial charge is 0.201 e. The first kappa shape index (κ1) is 16.1. The minimum Gasteiger partial charge on any atom is -0.504 e. The predicted molar refractivity (Wildman–Crippen MR) is 90.8 cm³/mol. The number of carbonyl (C=O) groups excluding carboxylic acids is 1. The van der Waals surface area contributed by atoms with Crippen LogP contribution in [-0.4, -0.2) is 10.9 Å². The number of fused-ring (bicyclic) bond motifs is 1. The lowest BCUT2D eigenvalue weighted by Crippen LogP contribution is -2.53. The van der Waals surface area contributed by atoms with Gasteiger partial charge in [-0.1, -0.05) is 39.3 Å². The van der Waals surface area contributed by atoms with Crippen LogP contribution in [0, 0.1) is 22.7 Å². The Kier molecular flexibility index (Phi) is 3.78. The largest absolute Gasteiger partial charge is 0.504 e. The van der Waals surface area contributed by atoms with Crippen LogP contribution in [0.3, 0.4) is 0 Å². The molecule has 3 nitrogen and oxygen atoms in total. The maximum absolute atomic E-state index is 12.8. The fourth-order valence-corrected chi connectivity index (χ4v) is 5.01. The molecule has 2 aliphatic rings. The maximum atomic E-state index is 12.8. The second-order valence-electron chi connectivity index (χ2n) is 8.07. The van der Waals surface area contributed by atoms with Gasteiger partial charge in [0.05, 0.1) is 12.5 Å². The van der Waals surface area contributed by atoms with Gasteiger partial charge in [0.1, 0.15) is 0 Å². The monoisotopic (exact) mass is 314 g/mol. The van der Waals surface area contributed by atoms with Crippen LogP contribution in [0.15, 0.2) is 40.4 Å². The van der Waals surface area contributed by atoms with E-state index in [0.29, 0.717) is 0 Å². The van der Waals surface area contributed by atoms with Gasteiger partial charge < -0.3 is 9.52 Å². The first-order valence-electron chi connectivity index (χ1n) is 8.42. The summed E-state index contributed by atoms with van der Waals surface area (Å²) in [6.07, 6.45) is 10.7. The van der Waals surface area contributed by atoms with Gasteiger partial charge in [-0.25, -0.2) is 0 Å². The zero-order chi connectivity index (χ0) is 16.8. The number of carbonyl (C=O) groups is 1. The van der Waals surface area contributed by atoms with Gasteiger partial charge in [-0.2, -0.15) is 0 Å². The van der Waals surface area contributed by atoms with E-state index in [1.807, 2.05) is 19.1 Å². The van der Waals surface area contributed by atoms with Crippen molar-refractivity contribution in [2.24, 2.45) is 22.7 Å². The molecule has 0 aliphatic heterocycles. The van der Waals surface area contributed by atoms with Crippen LogP contribution in [-0.2, 0) is 4.79 Å². The third kappa shape index (κ3) is 2.46. The summed E-state index contributed by atoms with van der Waals surface area (Å²) in [4.78, 5) is 12.8. The average molecular weight is 314 g/mol. The third-order valence-corrected chi connectivity index (χ3v) is 6.05. The Morgan fingerprint density at radius 3 is 2.70 bits per heavy atom. The fraction of sp³-hybridized carbons (Fsp3) is 0.550. The highest BCUT2D eigenvalue weighted by atomic mass is 16.3. The molecular formula is C20H26O3. The van der Waals surface area contributed by atoms with Gasteiger partial charge in [0.2, 0.25) is 5.78 Å². The van der Waals surface area contributed by atoms with E-state index in [1.54, 1.807) is 12.5 Å². The molecule has 1 aromatic heterocycles. The van der Waals surface area contributed by atoms with E-state index in [2.05, 4.69) is 26.8 Å². The Bertz CT molecular complexity index is 663. The fourth-order valence-electron chi connectivity index (χ4n) is 5.01. The Morgan fingerprint density at radius 2 is 2.04 bits per heavy atom. The molecule has 1 fully saturated rings. The Morgan fingerprint density at radius 1 is 1.30 bits per heavy atom. The molecule has 23 heavy (non-hydrogen) atoms. The number of aliphatic hydroxyl groups excluding tert-OH is 1. The number of hydrogen-bond acceptors (Lipinski definition) is 3. The maximum Gasteiger partial charge on any atom is 0.201 e. The molecule has 0 saturated heterocycles. The molecule has 0 aromatic carbocycles. The molecule has 3 atom stereocenters. The molecular weight excluding hydrogens is 288 g/mol. The lowest BCUT2D eigenvalue weighted by Gasteiger charge is -2.55. The van der Waals surface area contributed by atoms with E-state index in [1.165, 1.54) is 0 Å². The van der Waals surface area contributed by atoms with Crippen molar-refractivity contribution in [3.63, 3.8) is 0 Å². The minimum absolute atomic E-state index is 0.0238. The van der Waals surface area contributed by atoms with E-state index in [-0.39, 0.29) is 34.2 Å². The molecule has 0 amide bonds. The molecule has 0 radical (unpaired) electrons. The molecule has 124 valence electrons. The number of Topliss-reactive ketones (excluding diaryl/α,β-unsaturated/α-hetero) is 1. The molecule has 0 bridgehead atoms. The molecule has 1 N–H and O–H groups in total. The van der Waals surface area contributed by atoms with Crippen molar-refractivity contribution in [3.8, 4) is 0 Å². The highest BCUT2D eigenvalue weighted by Crippen LogP contribution is 2.59. The zero-order valence-electron chi connectivity index (χ0n) is 14.4. The lowest BCUT2D eigenvalue weighted by atomic mass is 9.48. The summed E-state index contributed by atoms with van der Waals surface area (Å²) in [5, 5.41) is 10.4. The quantitative estimate of drug-likeness (QED) is 0.820. The normalized spacial score (nSPS) is 34.0. The van der Waals surface area contributed by atoms with Crippen molar-refractivity contribution in [2.75, 3.05) is 0 Å². The number of hydrogen-bond donors (Lipinski definition) is 1. The molecule has 0 unspecified atom stereocenters. The standard InChI is InChI=1S/C20H26O3/c1-13-15(7-6-14-8-11-23-12-14)20(4)10-5-9-19(2,3)18(20)17(22)16(13)21/h6-8,11-12,15,18,21H,5,9-10H2,1-4H3/b7-6-/t15-,18-,20+/m0/s1. The van der Waals surface area contributed by atoms with Gasteiger partial charge in [0, 0.05) is 17.4 Å². The zero-order valence-corrected chi connectivity index (χ0v) is 14.4. The topological polar surface area (TPSA) is 50.4 Å². The summed E-state index contributed by atoms with van der Waals surface area (Å²) in [6, 6.07) is 1.91. The molecule has 1 saturated carbocycles. The minimum atomic E-state index is -0.143. The van der Waals surface area contributed by atoms with Crippen LogP contribution in [0.4, 0.5) is 0 Å². The summed E-state index contributed by atoms with van der Waals surface area (Å²) < 4.78 is 5.12. The summed E-state index contributed by atoms with van der Waals surface area (Å²) in [6.45, 7) is 8.44. The van der Waals surface area contributed by atoms with Crippen LogP contribution in [0.2, 0.25) is 0 Å². The van der Waals surface area contributed by atoms with Crippen LogP contribution < -0.4 is 0 Å². The van der Waals surface area contributed by atoms with Gasteiger partial charge in [-0.15, -0.1) is 0 Å². The second kappa shape index (κ2) is 5.40. The van der Waals surface area contributed by atoms with Crippen molar-refractivity contribution in [3.05, 3.63) is 41.6 Å². The Labute approximate surface area is 138 Å². The summed E-state index contributed by atoms with van der Waals surface area (Å²) >= 11 is 0. The van der Waals surface area contributed by atoms with Gasteiger partial charge in [-0.05, 0) is 42.2 Å². The Balaban J connectivity index is 2.07. The first-order chi connectivity index (χ1) is 10.8. The molecule has 3 rings (SSSR count). The number of furan rings is 1. The van der Waals surface area contributed by atoms with Crippen molar-refractivity contribution < 1.29 is 14.3 Å². The molecule has 2 aliphatic carbocycles. The van der Waals surface area contributed by atoms with Crippen molar-refractivity contribution in [2.45, 2.75) is 47.0 Å². The lowest BCUT2D eigenvalue weighted by molar-refractivity contribution is -0.139. The molecule has 1 aromatic rings. The van der Waals surface area contributed by atoms with Crippen LogP contribution in [0.1, 0.15) is 52.5 Å². The van der Waals surface area contributed by atoms with Crippen LogP contribution in [0.5, 0.6) is 0 Å². The predicted octanol–water partition coefficient (Wildman–Crippen LogP) is 5.16. The molecule has 3 heteroatoms. The highest BCUT2D eigenvalue weighted by Gasteiger charge is 2.57. The summed E-state index contributed by atoms with van der Waals surface area (Å²) in [5.74, 6) is -0.155. The van der Waals surface area contributed by atoms with Crippen molar-refractivity contribution in [1.29, 1.82) is 0 Å². The Hall–Kier alpha value is -1.77. The molecule has 0 spiro atoms. The van der Waals surface area contributed by atoms with Crippen molar-refractivity contribution in [1.82, 2.24) is 0 Å². The van der Waals surface area contributed by atoms with Gasteiger partial charge in [0.25, 0.3) is 0 Å². The van der Waals surface area contributed by atoms with E-state index in [9.17, 15) is 9.90 Å².